The zero-order valence-electron chi connectivity index (χ0n) is 13.5. The number of halogens is 1. The summed E-state index contributed by atoms with van der Waals surface area (Å²) < 4.78 is 6.74. The van der Waals surface area contributed by atoms with Gasteiger partial charge in [0.05, 0.1) is 5.92 Å². The van der Waals surface area contributed by atoms with Crippen LogP contribution in [0.15, 0.2) is 28.7 Å². The highest BCUT2D eigenvalue weighted by molar-refractivity contribution is 9.10. The van der Waals surface area contributed by atoms with Crippen molar-refractivity contribution in [3.05, 3.63) is 34.3 Å². The minimum atomic E-state index is 0.0313. The predicted octanol–water partition coefficient (Wildman–Crippen LogP) is 5.67. The molecule has 122 valence electrons. The summed E-state index contributed by atoms with van der Waals surface area (Å²) in [7, 11) is 0. The van der Waals surface area contributed by atoms with E-state index in [1.165, 1.54) is 31.2 Å². The Morgan fingerprint density at radius 3 is 2.55 bits per heavy atom. The van der Waals surface area contributed by atoms with Gasteiger partial charge in [0.2, 0.25) is 0 Å². The first-order valence-corrected chi connectivity index (χ1v) is 9.43. The van der Waals surface area contributed by atoms with Gasteiger partial charge in [-0.3, -0.25) is 4.79 Å². The Kier molecular flexibility index (Phi) is 7.44. The topological polar surface area (TPSA) is 26.3 Å². The molecule has 1 aromatic carbocycles. The largest absolute Gasteiger partial charge is 0.462 e. The molecule has 0 saturated carbocycles. The molecule has 0 aliphatic carbocycles. The van der Waals surface area contributed by atoms with E-state index in [0.29, 0.717) is 0 Å². The van der Waals surface area contributed by atoms with Crippen molar-refractivity contribution in [3.63, 3.8) is 0 Å². The minimum Gasteiger partial charge on any atom is -0.462 e. The molecular formula is C19H27BrO2. The summed E-state index contributed by atoms with van der Waals surface area (Å²) in [5.74, 6) is 0.124. The van der Waals surface area contributed by atoms with Crippen molar-refractivity contribution in [3.8, 4) is 0 Å². The van der Waals surface area contributed by atoms with Crippen molar-refractivity contribution in [2.24, 2.45) is 5.92 Å². The average molecular weight is 367 g/mol. The molecule has 0 radical (unpaired) electrons. The highest BCUT2D eigenvalue weighted by Crippen LogP contribution is 2.27. The lowest BCUT2D eigenvalue weighted by atomic mass is 9.90. The van der Waals surface area contributed by atoms with Crippen LogP contribution < -0.4 is 0 Å². The number of esters is 1. The van der Waals surface area contributed by atoms with E-state index >= 15 is 0 Å². The fourth-order valence-electron chi connectivity index (χ4n) is 3.08. The van der Waals surface area contributed by atoms with E-state index in [2.05, 4.69) is 47.1 Å². The van der Waals surface area contributed by atoms with E-state index in [-0.39, 0.29) is 18.0 Å². The Labute approximate surface area is 142 Å². The van der Waals surface area contributed by atoms with Crippen LogP contribution in [0.3, 0.4) is 0 Å². The summed E-state index contributed by atoms with van der Waals surface area (Å²) in [6.45, 7) is 2.22. The van der Waals surface area contributed by atoms with E-state index < -0.39 is 0 Å². The molecule has 1 fully saturated rings. The Morgan fingerprint density at radius 2 is 1.86 bits per heavy atom. The van der Waals surface area contributed by atoms with Gasteiger partial charge in [-0.05, 0) is 56.2 Å². The Hall–Kier alpha value is -0.830. The number of ether oxygens (including phenoxy) is 1. The second-order valence-corrected chi connectivity index (χ2v) is 7.26. The van der Waals surface area contributed by atoms with E-state index in [0.717, 1.165) is 36.6 Å². The van der Waals surface area contributed by atoms with Crippen LogP contribution in [-0.4, -0.2) is 12.1 Å². The number of benzene rings is 1. The summed E-state index contributed by atoms with van der Waals surface area (Å²) in [5.41, 5.74) is 1.29. The number of carbonyl (C=O) groups excluding carboxylic acids is 1. The molecule has 1 aromatic rings. The van der Waals surface area contributed by atoms with Gasteiger partial charge in [-0.25, -0.2) is 0 Å². The Morgan fingerprint density at radius 1 is 1.09 bits per heavy atom. The molecule has 0 aromatic heterocycles. The van der Waals surface area contributed by atoms with Gasteiger partial charge < -0.3 is 4.74 Å². The third kappa shape index (κ3) is 5.75. The fraction of sp³-hybridized carbons (Fsp3) is 0.632. The van der Waals surface area contributed by atoms with Crippen molar-refractivity contribution in [2.45, 2.75) is 70.8 Å². The average Bonchev–Trinajstić information content (AvgIpc) is 2.52. The third-order valence-electron chi connectivity index (χ3n) is 4.53. The molecule has 0 N–H and O–H groups in total. The summed E-state index contributed by atoms with van der Waals surface area (Å²) in [6, 6.07) is 8.35. The van der Waals surface area contributed by atoms with Gasteiger partial charge in [-0.2, -0.15) is 0 Å². The monoisotopic (exact) mass is 366 g/mol. The molecule has 0 spiro atoms. The highest BCUT2D eigenvalue weighted by Gasteiger charge is 2.29. The first kappa shape index (κ1) is 17.5. The van der Waals surface area contributed by atoms with Gasteiger partial charge in [-0.15, -0.1) is 0 Å². The lowest BCUT2D eigenvalue weighted by molar-refractivity contribution is -0.161. The molecule has 2 atom stereocenters. The quantitative estimate of drug-likeness (QED) is 0.437. The standard InChI is InChI=1S/C19H27BrO2/c1-2-3-4-5-6-18-14-11-16(19(21)22-18)10-7-15-8-12-17(20)13-9-15/h8-9,12-13,16,18H,2-7,10-11,14H2,1H3/t16-,18?/m1/s1. The van der Waals surface area contributed by atoms with Gasteiger partial charge >= 0.3 is 5.97 Å². The van der Waals surface area contributed by atoms with Gasteiger partial charge in [0.1, 0.15) is 6.10 Å². The summed E-state index contributed by atoms with van der Waals surface area (Å²) in [6.07, 6.45) is 10.1. The number of carbonyl (C=O) groups is 1. The number of unbranched alkanes of at least 4 members (excludes halogenated alkanes) is 3. The van der Waals surface area contributed by atoms with E-state index in [9.17, 15) is 4.79 Å². The van der Waals surface area contributed by atoms with Gasteiger partial charge in [0.25, 0.3) is 0 Å². The number of hydrogen-bond donors (Lipinski definition) is 0. The van der Waals surface area contributed by atoms with Crippen LogP contribution in [0.2, 0.25) is 0 Å². The van der Waals surface area contributed by atoms with E-state index in [1.54, 1.807) is 0 Å². The molecule has 1 aliphatic heterocycles. The zero-order chi connectivity index (χ0) is 15.8. The molecule has 1 aliphatic rings. The molecule has 3 heteroatoms. The smallest absolute Gasteiger partial charge is 0.309 e. The summed E-state index contributed by atoms with van der Waals surface area (Å²) in [4.78, 5) is 12.1. The molecule has 2 nitrogen and oxygen atoms in total. The van der Waals surface area contributed by atoms with Gasteiger partial charge in [-0.1, -0.05) is 54.2 Å². The number of hydrogen-bond acceptors (Lipinski definition) is 2. The normalized spacial score (nSPS) is 21.6. The maximum absolute atomic E-state index is 12.1. The zero-order valence-corrected chi connectivity index (χ0v) is 15.1. The number of cyclic esters (lactones) is 1. The second-order valence-electron chi connectivity index (χ2n) is 6.35. The fourth-order valence-corrected chi connectivity index (χ4v) is 3.34. The second kappa shape index (κ2) is 9.34. The Bertz CT molecular complexity index is 455. The minimum absolute atomic E-state index is 0.0313. The van der Waals surface area contributed by atoms with Crippen molar-refractivity contribution < 1.29 is 9.53 Å². The predicted molar refractivity (Wildman–Crippen MR) is 93.8 cm³/mol. The van der Waals surface area contributed by atoms with Gasteiger partial charge in [0, 0.05) is 4.47 Å². The number of rotatable bonds is 8. The lowest BCUT2D eigenvalue weighted by Crippen LogP contribution is -2.31. The van der Waals surface area contributed by atoms with E-state index in [4.69, 9.17) is 4.74 Å². The van der Waals surface area contributed by atoms with Crippen molar-refractivity contribution >= 4 is 21.9 Å². The van der Waals surface area contributed by atoms with Crippen LogP contribution in [0.5, 0.6) is 0 Å². The van der Waals surface area contributed by atoms with Crippen LogP contribution in [0.25, 0.3) is 0 Å². The van der Waals surface area contributed by atoms with Gasteiger partial charge in [0.15, 0.2) is 0 Å². The number of aryl methyl sites for hydroxylation is 1. The molecular weight excluding hydrogens is 340 g/mol. The van der Waals surface area contributed by atoms with Crippen LogP contribution in [-0.2, 0) is 16.0 Å². The SMILES string of the molecule is CCCCCCC1CC[C@@H](CCc2ccc(Br)cc2)C(=O)O1. The molecule has 22 heavy (non-hydrogen) atoms. The van der Waals surface area contributed by atoms with Crippen LogP contribution in [0.1, 0.15) is 63.9 Å². The maximum Gasteiger partial charge on any atom is 0.309 e. The molecule has 2 rings (SSSR count). The van der Waals surface area contributed by atoms with Crippen molar-refractivity contribution in [2.75, 3.05) is 0 Å². The first-order chi connectivity index (χ1) is 10.7. The van der Waals surface area contributed by atoms with Crippen LogP contribution in [0, 0.1) is 5.92 Å². The van der Waals surface area contributed by atoms with Crippen LogP contribution >= 0.6 is 15.9 Å². The lowest BCUT2D eigenvalue weighted by Gasteiger charge is -2.28. The molecule has 1 saturated heterocycles. The van der Waals surface area contributed by atoms with Crippen LogP contribution in [0.4, 0.5) is 0 Å². The third-order valence-corrected chi connectivity index (χ3v) is 5.06. The summed E-state index contributed by atoms with van der Waals surface area (Å²) in [5, 5.41) is 0. The van der Waals surface area contributed by atoms with Crippen molar-refractivity contribution in [1.29, 1.82) is 0 Å². The molecule has 1 heterocycles. The Balaban J connectivity index is 1.69. The van der Waals surface area contributed by atoms with Crippen molar-refractivity contribution in [1.82, 2.24) is 0 Å². The van der Waals surface area contributed by atoms with E-state index in [1.807, 2.05) is 0 Å². The first-order valence-electron chi connectivity index (χ1n) is 8.64. The summed E-state index contributed by atoms with van der Waals surface area (Å²) >= 11 is 3.45. The highest BCUT2D eigenvalue weighted by atomic mass is 79.9. The molecule has 0 amide bonds. The molecule has 0 bridgehead atoms. The maximum atomic E-state index is 12.1. The molecule has 1 unspecified atom stereocenters.